The Morgan fingerprint density at radius 2 is 0.962 bits per heavy atom. The van der Waals surface area contributed by atoms with Gasteiger partial charge in [0.25, 0.3) is 0 Å². The number of anilines is 3. The third-order valence-corrected chi connectivity index (χ3v) is 14.6. The molecule has 0 amide bonds. The maximum Gasteiger partial charge on any atom is 0.0474 e. The molecule has 1 nitrogen and oxygen atoms in total. The highest BCUT2D eigenvalue weighted by Gasteiger charge is 2.51. The van der Waals surface area contributed by atoms with Crippen molar-refractivity contribution < 1.29 is 0 Å². The number of nitrogens with zero attached hydrogens (tertiary/aromatic N) is 1. The number of hydrogen-bond donors (Lipinski definition) is 0. The number of rotatable bonds is 5. The smallest absolute Gasteiger partial charge is 0.0474 e. The van der Waals surface area contributed by atoms with Gasteiger partial charge in [0, 0.05) is 27.9 Å². The highest BCUT2D eigenvalue weighted by molar-refractivity contribution is 5.94. The first kappa shape index (κ1) is 31.6. The van der Waals surface area contributed by atoms with Crippen molar-refractivity contribution in [2.45, 2.75) is 82.5 Å². The van der Waals surface area contributed by atoms with E-state index in [1.165, 1.54) is 111 Å². The molecule has 0 aliphatic heterocycles. The van der Waals surface area contributed by atoms with Crippen LogP contribution in [0.15, 0.2) is 133 Å². The molecule has 1 heteroatoms. The summed E-state index contributed by atoms with van der Waals surface area (Å²) in [4.78, 5) is 2.56. The van der Waals surface area contributed by atoms with Gasteiger partial charge in [0.05, 0.1) is 0 Å². The Balaban J connectivity index is 1.12. The minimum atomic E-state index is -0.108. The molecule has 4 bridgehead atoms. The predicted molar refractivity (Wildman–Crippen MR) is 222 cm³/mol. The topological polar surface area (TPSA) is 3.24 Å². The van der Waals surface area contributed by atoms with Gasteiger partial charge in [-0.25, -0.2) is 0 Å². The molecule has 0 saturated heterocycles. The fourth-order valence-corrected chi connectivity index (χ4v) is 12.6. The molecule has 0 aromatic heterocycles. The van der Waals surface area contributed by atoms with E-state index in [2.05, 4.69) is 166 Å². The van der Waals surface area contributed by atoms with Gasteiger partial charge in [-0.2, -0.15) is 0 Å². The van der Waals surface area contributed by atoms with E-state index in [1.807, 2.05) is 0 Å². The van der Waals surface area contributed by atoms with Gasteiger partial charge in [0.15, 0.2) is 0 Å². The summed E-state index contributed by atoms with van der Waals surface area (Å²) < 4.78 is 0. The van der Waals surface area contributed by atoms with Crippen LogP contribution in [0.2, 0.25) is 0 Å². The van der Waals surface area contributed by atoms with E-state index in [1.54, 1.807) is 5.56 Å². The third kappa shape index (κ3) is 4.56. The molecule has 6 aliphatic carbocycles. The average Bonchev–Trinajstić information content (AvgIpc) is 3.54. The Hall–Kier alpha value is -4.88. The predicted octanol–water partition coefficient (Wildman–Crippen LogP) is 13.9. The highest BCUT2D eigenvalue weighted by atomic mass is 15.1. The first-order valence-corrected chi connectivity index (χ1v) is 20.2. The van der Waals surface area contributed by atoms with Gasteiger partial charge in [-0.05, 0) is 159 Å². The van der Waals surface area contributed by atoms with Crippen LogP contribution in [0.5, 0.6) is 0 Å². The molecule has 0 unspecified atom stereocenters. The fraction of sp³-hybridized carbons (Fsp3) is 0.308. The van der Waals surface area contributed by atoms with Gasteiger partial charge in [-0.1, -0.05) is 125 Å². The van der Waals surface area contributed by atoms with Crippen molar-refractivity contribution in [2.24, 2.45) is 17.8 Å². The first-order valence-electron chi connectivity index (χ1n) is 20.2. The van der Waals surface area contributed by atoms with Crippen LogP contribution in [-0.2, 0) is 16.2 Å². The van der Waals surface area contributed by atoms with Gasteiger partial charge in [-0.15, -0.1) is 0 Å². The van der Waals surface area contributed by atoms with Gasteiger partial charge >= 0.3 is 0 Å². The average molecular weight is 688 g/mol. The summed E-state index contributed by atoms with van der Waals surface area (Å²) >= 11 is 0. The van der Waals surface area contributed by atoms with E-state index in [9.17, 15) is 0 Å². The zero-order chi connectivity index (χ0) is 35.7. The van der Waals surface area contributed by atoms with E-state index in [0.29, 0.717) is 5.41 Å². The summed E-state index contributed by atoms with van der Waals surface area (Å²) in [6.45, 7) is 9.61. The van der Waals surface area contributed by atoms with Crippen molar-refractivity contribution in [1.82, 2.24) is 0 Å². The fourth-order valence-electron chi connectivity index (χ4n) is 12.6. The van der Waals surface area contributed by atoms with E-state index in [0.717, 1.165) is 17.8 Å². The minimum Gasteiger partial charge on any atom is -0.310 e. The second kappa shape index (κ2) is 11.1. The summed E-state index contributed by atoms with van der Waals surface area (Å²) in [6, 6.07) is 51.4. The Labute approximate surface area is 315 Å². The van der Waals surface area contributed by atoms with Crippen molar-refractivity contribution in [3.63, 3.8) is 0 Å². The van der Waals surface area contributed by atoms with Crippen molar-refractivity contribution in [1.29, 1.82) is 0 Å². The molecular formula is C52H49N. The molecule has 4 fully saturated rings. The molecule has 53 heavy (non-hydrogen) atoms. The summed E-state index contributed by atoms with van der Waals surface area (Å²) in [7, 11) is 0. The third-order valence-electron chi connectivity index (χ3n) is 14.6. The second-order valence-electron chi connectivity index (χ2n) is 18.4. The molecule has 0 heterocycles. The molecule has 6 aromatic carbocycles. The molecule has 12 rings (SSSR count). The van der Waals surface area contributed by atoms with Crippen LogP contribution < -0.4 is 4.90 Å². The minimum absolute atomic E-state index is 0.0773. The summed E-state index contributed by atoms with van der Waals surface area (Å²) in [5.74, 6) is 2.81. The van der Waals surface area contributed by atoms with Crippen LogP contribution in [0, 0.1) is 17.8 Å². The largest absolute Gasteiger partial charge is 0.310 e. The Bertz CT molecular complexity index is 2390. The Morgan fingerprint density at radius 3 is 1.62 bits per heavy atom. The quantitative estimate of drug-likeness (QED) is 0.174. The zero-order valence-electron chi connectivity index (χ0n) is 31.6. The van der Waals surface area contributed by atoms with Crippen LogP contribution in [0.4, 0.5) is 17.1 Å². The van der Waals surface area contributed by atoms with Crippen molar-refractivity contribution >= 4 is 17.1 Å². The Morgan fingerprint density at radius 1 is 0.434 bits per heavy atom. The van der Waals surface area contributed by atoms with E-state index in [4.69, 9.17) is 0 Å². The van der Waals surface area contributed by atoms with Gasteiger partial charge in [-0.3, -0.25) is 0 Å². The SMILES string of the molecule is CC1(C)c2ccccc2-c2ccc(N(c3ccc(C45CC6CC(CC(C6)C4)C5)cc3)c3cc(-c4ccccc4)c4c(c3)-c3ccccc3C4(C)C)cc21. The lowest BCUT2D eigenvalue weighted by Crippen LogP contribution is -2.48. The van der Waals surface area contributed by atoms with Gasteiger partial charge in [0.2, 0.25) is 0 Å². The van der Waals surface area contributed by atoms with Crippen molar-refractivity contribution in [2.75, 3.05) is 4.90 Å². The lowest BCUT2D eigenvalue weighted by atomic mass is 9.48. The second-order valence-corrected chi connectivity index (χ2v) is 18.4. The normalized spacial score (nSPS) is 24.7. The molecule has 262 valence electrons. The van der Waals surface area contributed by atoms with Crippen LogP contribution in [0.1, 0.15) is 94.0 Å². The molecular weight excluding hydrogens is 639 g/mol. The molecule has 0 atom stereocenters. The number of hydrogen-bond acceptors (Lipinski definition) is 1. The summed E-state index contributed by atoms with van der Waals surface area (Å²) in [5, 5.41) is 0. The number of fused-ring (bicyclic) bond motifs is 6. The molecule has 6 aromatic rings. The van der Waals surface area contributed by atoms with Crippen LogP contribution in [0.25, 0.3) is 33.4 Å². The maximum atomic E-state index is 2.56. The molecule has 4 saturated carbocycles. The van der Waals surface area contributed by atoms with Gasteiger partial charge < -0.3 is 4.90 Å². The molecule has 0 spiro atoms. The lowest BCUT2D eigenvalue weighted by molar-refractivity contribution is -0.00518. The molecule has 0 N–H and O–H groups in total. The maximum absolute atomic E-state index is 2.56. The van der Waals surface area contributed by atoms with E-state index in [-0.39, 0.29) is 10.8 Å². The number of benzene rings is 6. The zero-order valence-corrected chi connectivity index (χ0v) is 31.6. The monoisotopic (exact) mass is 687 g/mol. The highest BCUT2D eigenvalue weighted by Crippen LogP contribution is 2.61. The van der Waals surface area contributed by atoms with Crippen molar-refractivity contribution in [3.05, 3.63) is 161 Å². The summed E-state index contributed by atoms with van der Waals surface area (Å²) in [5.41, 5.74) is 19.1. The van der Waals surface area contributed by atoms with Crippen LogP contribution in [-0.4, -0.2) is 0 Å². The molecule has 6 aliphatic rings. The standard InChI is InChI=1S/C52H49N/c1-50(2)46-16-10-8-14-41(46)43-23-22-39(29-48(43)50)53(38-20-18-37(19-21-38)52-30-33-24-34(31-52)26-35(25-33)32-52)40-27-44(36-12-6-5-7-13-36)49-45(28-40)42-15-9-11-17-47(42)51(49,3)4/h5-23,27-29,33-35H,24-26,30-32H2,1-4H3. The Kier molecular flexibility index (Phi) is 6.61. The molecule has 0 radical (unpaired) electrons. The van der Waals surface area contributed by atoms with Crippen LogP contribution >= 0.6 is 0 Å². The van der Waals surface area contributed by atoms with Crippen LogP contribution in [0.3, 0.4) is 0 Å². The summed E-state index contributed by atoms with van der Waals surface area (Å²) in [6.07, 6.45) is 8.61. The lowest BCUT2D eigenvalue weighted by Gasteiger charge is -2.57. The van der Waals surface area contributed by atoms with E-state index < -0.39 is 0 Å². The van der Waals surface area contributed by atoms with Gasteiger partial charge in [0.1, 0.15) is 0 Å². The van der Waals surface area contributed by atoms with Crippen molar-refractivity contribution in [3.8, 4) is 33.4 Å². The van der Waals surface area contributed by atoms with E-state index >= 15 is 0 Å². The first-order chi connectivity index (χ1) is 25.7.